The highest BCUT2D eigenvalue weighted by molar-refractivity contribution is 6.33. The predicted octanol–water partition coefficient (Wildman–Crippen LogP) is 1.56. The summed E-state index contributed by atoms with van der Waals surface area (Å²) in [5.41, 5.74) is 13.3. The van der Waals surface area contributed by atoms with Gasteiger partial charge in [-0.25, -0.2) is 10.4 Å². The van der Waals surface area contributed by atoms with Crippen LogP contribution in [0, 0.1) is 0 Å². The van der Waals surface area contributed by atoms with Crippen molar-refractivity contribution in [2.24, 2.45) is 0 Å². The van der Waals surface area contributed by atoms with E-state index >= 15 is 0 Å². The van der Waals surface area contributed by atoms with Gasteiger partial charge in [0.15, 0.2) is 5.65 Å². The van der Waals surface area contributed by atoms with E-state index in [-0.39, 0.29) is 0 Å². The summed E-state index contributed by atoms with van der Waals surface area (Å²) >= 11 is 6.54. The van der Waals surface area contributed by atoms with Crippen LogP contribution in [0.5, 0.6) is 0 Å². The molecular weight excluding hydrogens is 326 g/mol. The maximum Gasteiger partial charge on any atom is 0.165 e. The Labute approximate surface area is 146 Å². The van der Waals surface area contributed by atoms with Crippen LogP contribution < -0.4 is 11.2 Å². The molecule has 0 aliphatic carbocycles. The van der Waals surface area contributed by atoms with Crippen molar-refractivity contribution in [2.45, 2.75) is 18.8 Å². The Kier molecular flexibility index (Phi) is 3.86. The summed E-state index contributed by atoms with van der Waals surface area (Å²) in [7, 11) is 4.11. The van der Waals surface area contributed by atoms with Crippen molar-refractivity contribution in [3.8, 4) is 0 Å². The zero-order valence-corrected chi connectivity index (χ0v) is 14.7. The molecule has 2 aromatic heterocycles. The number of nitrogens with two attached hydrogens (primary N) is 1. The summed E-state index contributed by atoms with van der Waals surface area (Å²) in [5.74, 6) is 0.778. The van der Waals surface area contributed by atoms with Crippen molar-refractivity contribution in [2.75, 3.05) is 39.5 Å². The van der Waals surface area contributed by atoms with Gasteiger partial charge in [0.05, 0.1) is 11.9 Å². The van der Waals surface area contributed by atoms with Gasteiger partial charge in [0.25, 0.3) is 0 Å². The number of hydrazine groups is 1. The molecule has 4 heterocycles. The first-order chi connectivity index (χ1) is 11.5. The van der Waals surface area contributed by atoms with Crippen LogP contribution in [-0.4, -0.2) is 58.2 Å². The van der Waals surface area contributed by atoms with Crippen LogP contribution in [0.1, 0.15) is 30.0 Å². The average Bonchev–Trinajstić information content (AvgIpc) is 3.16. The Balaban J connectivity index is 1.83. The molecule has 0 aromatic carbocycles. The van der Waals surface area contributed by atoms with Gasteiger partial charge in [0.2, 0.25) is 0 Å². The van der Waals surface area contributed by atoms with Gasteiger partial charge in [-0.05, 0) is 32.0 Å². The Morgan fingerprint density at radius 3 is 2.92 bits per heavy atom. The molecule has 1 unspecified atom stereocenters. The summed E-state index contributed by atoms with van der Waals surface area (Å²) in [6.07, 6.45) is 6.11. The summed E-state index contributed by atoms with van der Waals surface area (Å²) in [5, 5.41) is 6.87. The van der Waals surface area contributed by atoms with E-state index in [9.17, 15) is 0 Å². The number of nitrogens with zero attached hydrogens (tertiary/aromatic N) is 5. The molecular formula is C16H22ClN7. The SMILES string of the molecule is CN1CCCC(c2nc3c(C4=CN(C)NC4)cnn3c(N)c2Cl)C1. The summed E-state index contributed by atoms with van der Waals surface area (Å²) in [6.45, 7) is 2.83. The maximum atomic E-state index is 6.54. The third-order valence-electron chi connectivity index (χ3n) is 4.87. The highest BCUT2D eigenvalue weighted by atomic mass is 35.5. The number of rotatable bonds is 2. The second-order valence-corrected chi connectivity index (χ2v) is 7.07. The van der Waals surface area contributed by atoms with E-state index in [1.165, 1.54) is 0 Å². The monoisotopic (exact) mass is 347 g/mol. The number of halogens is 1. The second kappa shape index (κ2) is 5.91. The molecule has 8 heteroatoms. The van der Waals surface area contributed by atoms with Crippen molar-refractivity contribution in [3.05, 3.63) is 28.7 Å². The zero-order valence-electron chi connectivity index (χ0n) is 14.0. The third-order valence-corrected chi connectivity index (χ3v) is 5.26. The van der Waals surface area contributed by atoms with E-state index in [0.29, 0.717) is 16.8 Å². The number of nitrogen functional groups attached to an aromatic ring is 1. The molecule has 4 rings (SSSR count). The van der Waals surface area contributed by atoms with Crippen molar-refractivity contribution >= 4 is 28.6 Å². The highest BCUT2D eigenvalue weighted by Gasteiger charge is 2.26. The van der Waals surface area contributed by atoms with Crippen LogP contribution in [0.25, 0.3) is 11.2 Å². The van der Waals surface area contributed by atoms with Crippen molar-refractivity contribution in [1.82, 2.24) is 29.9 Å². The molecule has 2 aliphatic rings. The summed E-state index contributed by atoms with van der Waals surface area (Å²) < 4.78 is 1.65. The number of nitrogens with one attached hydrogen (secondary N) is 1. The lowest BCUT2D eigenvalue weighted by Crippen LogP contribution is -2.31. The summed E-state index contributed by atoms with van der Waals surface area (Å²) in [4.78, 5) is 7.22. The Morgan fingerprint density at radius 2 is 2.21 bits per heavy atom. The number of aromatic nitrogens is 3. The first-order valence-corrected chi connectivity index (χ1v) is 8.61. The summed E-state index contributed by atoms with van der Waals surface area (Å²) in [6, 6.07) is 0. The second-order valence-electron chi connectivity index (χ2n) is 6.69. The Hall–Kier alpha value is -1.83. The molecule has 7 nitrogen and oxygen atoms in total. The zero-order chi connectivity index (χ0) is 16.8. The van der Waals surface area contributed by atoms with Gasteiger partial charge in [0.1, 0.15) is 10.8 Å². The van der Waals surface area contributed by atoms with E-state index < -0.39 is 0 Å². The molecule has 1 saturated heterocycles. The molecule has 128 valence electrons. The number of anilines is 1. The van der Waals surface area contributed by atoms with Crippen LogP contribution in [0.15, 0.2) is 12.4 Å². The first-order valence-electron chi connectivity index (χ1n) is 8.23. The van der Waals surface area contributed by atoms with Gasteiger partial charge >= 0.3 is 0 Å². The maximum absolute atomic E-state index is 6.54. The number of piperidine rings is 1. The Morgan fingerprint density at radius 1 is 1.38 bits per heavy atom. The molecule has 24 heavy (non-hydrogen) atoms. The predicted molar refractivity (Wildman–Crippen MR) is 95.6 cm³/mol. The number of hydrogen-bond donors (Lipinski definition) is 2. The molecule has 0 spiro atoms. The van der Waals surface area contributed by atoms with Gasteiger partial charge < -0.3 is 15.6 Å². The lowest BCUT2D eigenvalue weighted by atomic mass is 9.94. The topological polar surface area (TPSA) is 74.7 Å². The minimum atomic E-state index is 0.310. The fraction of sp³-hybridized carbons (Fsp3) is 0.500. The fourth-order valence-corrected chi connectivity index (χ4v) is 3.88. The van der Waals surface area contributed by atoms with E-state index in [1.54, 1.807) is 4.52 Å². The number of hydrogen-bond acceptors (Lipinski definition) is 6. The van der Waals surface area contributed by atoms with Crippen molar-refractivity contribution < 1.29 is 0 Å². The van der Waals surface area contributed by atoms with Gasteiger partial charge in [-0.1, -0.05) is 11.6 Å². The minimum absolute atomic E-state index is 0.310. The number of fused-ring (bicyclic) bond motifs is 1. The smallest absolute Gasteiger partial charge is 0.165 e. The molecule has 0 bridgehead atoms. The van der Waals surface area contributed by atoms with Crippen LogP contribution in [0.4, 0.5) is 5.82 Å². The number of likely N-dealkylation sites (tertiary alicyclic amines) is 1. The Bertz CT molecular complexity index is 812. The quantitative estimate of drug-likeness (QED) is 0.859. The largest absolute Gasteiger partial charge is 0.382 e. The van der Waals surface area contributed by atoms with Gasteiger partial charge in [-0.3, -0.25) is 0 Å². The van der Waals surface area contributed by atoms with Gasteiger partial charge in [0, 0.05) is 37.8 Å². The minimum Gasteiger partial charge on any atom is -0.382 e. The lowest BCUT2D eigenvalue weighted by molar-refractivity contribution is 0.248. The lowest BCUT2D eigenvalue weighted by Gasteiger charge is -2.30. The molecule has 1 atom stereocenters. The molecule has 0 saturated carbocycles. The van der Waals surface area contributed by atoms with E-state index in [2.05, 4.69) is 28.7 Å². The number of likely N-dealkylation sites (N-methyl/N-ethyl adjacent to an activating group) is 1. The first kappa shape index (κ1) is 15.7. The molecule has 2 aliphatic heterocycles. The van der Waals surface area contributed by atoms with Crippen LogP contribution in [0.3, 0.4) is 0 Å². The van der Waals surface area contributed by atoms with Crippen molar-refractivity contribution in [1.29, 1.82) is 0 Å². The van der Waals surface area contributed by atoms with Gasteiger partial charge in [-0.2, -0.15) is 9.61 Å². The van der Waals surface area contributed by atoms with E-state index in [0.717, 1.165) is 55.0 Å². The van der Waals surface area contributed by atoms with E-state index in [4.69, 9.17) is 22.3 Å². The molecule has 2 aromatic rings. The third kappa shape index (κ3) is 2.53. The molecule has 1 fully saturated rings. The fourth-order valence-electron chi connectivity index (χ4n) is 3.60. The van der Waals surface area contributed by atoms with Crippen molar-refractivity contribution in [3.63, 3.8) is 0 Å². The van der Waals surface area contributed by atoms with Crippen LogP contribution >= 0.6 is 11.6 Å². The molecule has 3 N–H and O–H groups in total. The van der Waals surface area contributed by atoms with Gasteiger partial charge in [-0.15, -0.1) is 0 Å². The van der Waals surface area contributed by atoms with Crippen LogP contribution in [-0.2, 0) is 0 Å². The highest BCUT2D eigenvalue weighted by Crippen LogP contribution is 2.35. The normalized spacial score (nSPS) is 22.4. The molecule has 0 radical (unpaired) electrons. The van der Waals surface area contributed by atoms with E-state index in [1.807, 2.05) is 18.3 Å². The standard InChI is InChI=1S/C16H22ClN7/c1-22-5-3-4-10(8-22)14-13(17)15(18)24-16(21-14)12(7-20-24)11-6-19-23(2)9-11/h7,9-10,19H,3-6,8,18H2,1-2H3. The average molecular weight is 348 g/mol. The molecule has 0 amide bonds. The van der Waals surface area contributed by atoms with Crippen LogP contribution in [0.2, 0.25) is 5.02 Å².